The highest BCUT2D eigenvalue weighted by Gasteiger charge is 2.19. The Bertz CT molecular complexity index is 602. The van der Waals surface area contributed by atoms with E-state index in [-0.39, 0.29) is 0 Å². The SMILES string of the molecule is COc1ccc(C(Nc2ccccc2Br)C(N)=O)cn1. The summed E-state index contributed by atoms with van der Waals surface area (Å²) < 4.78 is 5.85. The number of para-hydroxylation sites is 1. The summed E-state index contributed by atoms with van der Waals surface area (Å²) >= 11 is 3.42. The van der Waals surface area contributed by atoms with E-state index in [1.807, 2.05) is 24.3 Å². The van der Waals surface area contributed by atoms with Crippen LogP contribution in [0.1, 0.15) is 11.6 Å². The highest BCUT2D eigenvalue weighted by molar-refractivity contribution is 9.10. The maximum atomic E-state index is 11.7. The Labute approximate surface area is 125 Å². The van der Waals surface area contributed by atoms with Crippen molar-refractivity contribution in [2.24, 2.45) is 5.73 Å². The number of nitrogens with one attached hydrogen (secondary N) is 1. The number of hydrogen-bond donors (Lipinski definition) is 2. The summed E-state index contributed by atoms with van der Waals surface area (Å²) in [5.74, 6) is 0.00517. The maximum Gasteiger partial charge on any atom is 0.244 e. The smallest absolute Gasteiger partial charge is 0.244 e. The van der Waals surface area contributed by atoms with E-state index >= 15 is 0 Å². The van der Waals surface area contributed by atoms with Crippen LogP contribution in [-0.2, 0) is 4.79 Å². The van der Waals surface area contributed by atoms with E-state index in [9.17, 15) is 4.79 Å². The van der Waals surface area contributed by atoms with Crippen LogP contribution in [-0.4, -0.2) is 18.0 Å². The molecule has 104 valence electrons. The van der Waals surface area contributed by atoms with Gasteiger partial charge < -0.3 is 15.8 Å². The minimum Gasteiger partial charge on any atom is -0.481 e. The molecule has 1 aromatic heterocycles. The van der Waals surface area contributed by atoms with Crippen molar-refractivity contribution >= 4 is 27.5 Å². The zero-order valence-electron chi connectivity index (χ0n) is 10.8. The zero-order chi connectivity index (χ0) is 14.5. The summed E-state index contributed by atoms with van der Waals surface area (Å²) in [6.07, 6.45) is 1.57. The molecule has 3 N–H and O–H groups in total. The fraction of sp³-hybridized carbons (Fsp3) is 0.143. The van der Waals surface area contributed by atoms with Crippen LogP contribution in [0.15, 0.2) is 47.1 Å². The summed E-state index contributed by atoms with van der Waals surface area (Å²) in [7, 11) is 1.53. The molecule has 2 aromatic rings. The molecule has 0 aliphatic rings. The lowest BCUT2D eigenvalue weighted by Gasteiger charge is -2.18. The minimum absolute atomic E-state index is 0.479. The first-order valence-electron chi connectivity index (χ1n) is 5.92. The molecular weight excluding hydrogens is 322 g/mol. The number of aromatic nitrogens is 1. The molecule has 1 atom stereocenters. The number of amides is 1. The Kier molecular flexibility index (Phi) is 4.57. The van der Waals surface area contributed by atoms with Crippen molar-refractivity contribution < 1.29 is 9.53 Å². The Morgan fingerprint density at radius 1 is 1.35 bits per heavy atom. The summed E-state index contributed by atoms with van der Waals surface area (Å²) in [4.78, 5) is 15.7. The average Bonchev–Trinajstić information content (AvgIpc) is 2.46. The van der Waals surface area contributed by atoms with Crippen molar-refractivity contribution in [3.05, 3.63) is 52.6 Å². The quantitative estimate of drug-likeness (QED) is 0.879. The van der Waals surface area contributed by atoms with Crippen LogP contribution >= 0.6 is 15.9 Å². The summed E-state index contributed by atoms with van der Waals surface area (Å²) in [6.45, 7) is 0. The van der Waals surface area contributed by atoms with Gasteiger partial charge in [0.1, 0.15) is 6.04 Å². The normalized spacial score (nSPS) is 11.7. The van der Waals surface area contributed by atoms with Crippen molar-refractivity contribution in [3.8, 4) is 5.88 Å². The number of anilines is 1. The number of nitrogens with zero attached hydrogens (tertiary/aromatic N) is 1. The van der Waals surface area contributed by atoms with Crippen LogP contribution < -0.4 is 15.8 Å². The molecule has 1 heterocycles. The Balaban J connectivity index is 2.27. The highest BCUT2D eigenvalue weighted by atomic mass is 79.9. The highest BCUT2D eigenvalue weighted by Crippen LogP contribution is 2.26. The number of carbonyl (C=O) groups excluding carboxylic acids is 1. The van der Waals surface area contributed by atoms with Gasteiger partial charge in [0.15, 0.2) is 0 Å². The van der Waals surface area contributed by atoms with Gasteiger partial charge in [-0.1, -0.05) is 12.1 Å². The van der Waals surface area contributed by atoms with E-state index in [1.54, 1.807) is 18.3 Å². The van der Waals surface area contributed by atoms with E-state index in [4.69, 9.17) is 10.5 Å². The molecule has 0 spiro atoms. The summed E-state index contributed by atoms with van der Waals surface area (Å²) in [5, 5.41) is 3.10. The second-order valence-corrected chi connectivity index (χ2v) is 4.95. The van der Waals surface area contributed by atoms with Crippen molar-refractivity contribution in [1.29, 1.82) is 0 Å². The predicted molar refractivity (Wildman–Crippen MR) is 80.5 cm³/mol. The van der Waals surface area contributed by atoms with E-state index in [0.717, 1.165) is 10.2 Å². The Morgan fingerprint density at radius 2 is 2.10 bits per heavy atom. The molecule has 1 aromatic carbocycles. The lowest BCUT2D eigenvalue weighted by atomic mass is 10.1. The molecule has 0 saturated carbocycles. The molecule has 0 fully saturated rings. The molecular formula is C14H14BrN3O2. The summed E-state index contributed by atoms with van der Waals surface area (Å²) in [5.41, 5.74) is 6.92. The molecule has 0 radical (unpaired) electrons. The number of nitrogens with two attached hydrogens (primary N) is 1. The van der Waals surface area contributed by atoms with Gasteiger partial charge in [-0.2, -0.15) is 0 Å². The van der Waals surface area contributed by atoms with Gasteiger partial charge in [0.25, 0.3) is 0 Å². The number of carbonyl (C=O) groups is 1. The Hall–Kier alpha value is -2.08. The largest absolute Gasteiger partial charge is 0.481 e. The molecule has 0 aliphatic heterocycles. The van der Waals surface area contributed by atoms with Crippen molar-refractivity contribution in [1.82, 2.24) is 4.98 Å². The molecule has 5 nitrogen and oxygen atoms in total. The molecule has 2 rings (SSSR count). The summed E-state index contributed by atoms with van der Waals surface area (Å²) in [6, 6.07) is 10.3. The fourth-order valence-electron chi connectivity index (χ4n) is 1.74. The number of primary amides is 1. The second-order valence-electron chi connectivity index (χ2n) is 4.09. The fourth-order valence-corrected chi connectivity index (χ4v) is 2.13. The third-order valence-corrected chi connectivity index (χ3v) is 3.45. The molecule has 1 amide bonds. The van der Waals surface area contributed by atoms with Crippen LogP contribution in [0.5, 0.6) is 5.88 Å². The average molecular weight is 336 g/mol. The molecule has 0 saturated heterocycles. The van der Waals surface area contributed by atoms with Crippen molar-refractivity contribution in [2.75, 3.05) is 12.4 Å². The van der Waals surface area contributed by atoms with Crippen LogP contribution in [0, 0.1) is 0 Å². The monoisotopic (exact) mass is 335 g/mol. The Morgan fingerprint density at radius 3 is 2.65 bits per heavy atom. The van der Waals surface area contributed by atoms with Crippen molar-refractivity contribution in [2.45, 2.75) is 6.04 Å². The first kappa shape index (κ1) is 14.3. The third kappa shape index (κ3) is 3.27. The predicted octanol–water partition coefficient (Wildman–Crippen LogP) is 2.49. The van der Waals surface area contributed by atoms with Crippen LogP contribution in [0.2, 0.25) is 0 Å². The van der Waals surface area contributed by atoms with Gasteiger partial charge in [0.05, 0.1) is 7.11 Å². The molecule has 20 heavy (non-hydrogen) atoms. The molecule has 0 bridgehead atoms. The van der Waals surface area contributed by atoms with Crippen LogP contribution in [0.3, 0.4) is 0 Å². The van der Waals surface area contributed by atoms with Gasteiger partial charge in [-0.3, -0.25) is 4.79 Å². The van der Waals surface area contributed by atoms with E-state index in [1.165, 1.54) is 7.11 Å². The van der Waals surface area contributed by atoms with Crippen LogP contribution in [0.25, 0.3) is 0 Å². The first-order valence-corrected chi connectivity index (χ1v) is 6.71. The molecule has 0 aliphatic carbocycles. The number of pyridine rings is 1. The van der Waals surface area contributed by atoms with Gasteiger partial charge in [-0.05, 0) is 34.1 Å². The number of ether oxygens (including phenoxy) is 1. The lowest BCUT2D eigenvalue weighted by molar-refractivity contribution is -0.118. The van der Waals surface area contributed by atoms with Gasteiger partial charge in [-0.15, -0.1) is 0 Å². The van der Waals surface area contributed by atoms with E-state index in [0.29, 0.717) is 11.4 Å². The zero-order valence-corrected chi connectivity index (χ0v) is 12.4. The van der Waals surface area contributed by atoms with E-state index in [2.05, 4.69) is 26.2 Å². The number of halogens is 1. The van der Waals surface area contributed by atoms with Crippen LogP contribution in [0.4, 0.5) is 5.69 Å². The van der Waals surface area contributed by atoms with E-state index < -0.39 is 11.9 Å². The van der Waals surface area contributed by atoms with Gasteiger partial charge in [0.2, 0.25) is 11.8 Å². The van der Waals surface area contributed by atoms with Crippen molar-refractivity contribution in [3.63, 3.8) is 0 Å². The topological polar surface area (TPSA) is 77.2 Å². The van der Waals surface area contributed by atoms with Gasteiger partial charge >= 0.3 is 0 Å². The molecule has 1 unspecified atom stereocenters. The molecule has 6 heteroatoms. The maximum absolute atomic E-state index is 11.7. The third-order valence-electron chi connectivity index (χ3n) is 2.76. The van der Waals surface area contributed by atoms with Gasteiger partial charge in [-0.25, -0.2) is 4.98 Å². The minimum atomic E-state index is -0.660. The number of rotatable bonds is 5. The lowest BCUT2D eigenvalue weighted by Crippen LogP contribution is -2.28. The van der Waals surface area contributed by atoms with Gasteiger partial charge in [0, 0.05) is 28.0 Å². The standard InChI is InChI=1S/C14H14BrN3O2/c1-20-12-7-6-9(8-17-12)13(14(16)19)18-11-5-3-2-4-10(11)15/h2-8,13,18H,1H3,(H2,16,19). The number of methoxy groups -OCH3 is 1. The number of benzene rings is 1. The number of hydrogen-bond acceptors (Lipinski definition) is 4. The first-order chi connectivity index (χ1) is 9.61. The second kappa shape index (κ2) is 6.38.